The molecule has 8 nitrogen and oxygen atoms in total. The predicted molar refractivity (Wildman–Crippen MR) is 143 cm³/mol. The summed E-state index contributed by atoms with van der Waals surface area (Å²) in [6, 6.07) is 20.5. The van der Waals surface area contributed by atoms with Gasteiger partial charge in [-0.2, -0.15) is 0 Å². The highest BCUT2D eigenvalue weighted by atomic mass is 16.2. The van der Waals surface area contributed by atoms with E-state index in [4.69, 9.17) is 0 Å². The lowest BCUT2D eigenvalue weighted by atomic mass is 9.90. The standard InChI is InChI=1S/C30H30N4O4/c1-21(2)27-29(38)34(30(20-35,32-22(3)36)18-23-10-6-4-7-11-23)26(24-12-8-5-9-13-24)19-33(27)28(37)25-14-16-31-17-15-25/h4-17,19-21,27H,18H2,1-3H3,(H,32,36)/t27-,30+/m1/s1. The monoisotopic (exact) mass is 510 g/mol. The summed E-state index contributed by atoms with van der Waals surface area (Å²) in [6.45, 7) is 4.99. The normalized spacial score (nSPS) is 17.0. The molecule has 0 unspecified atom stereocenters. The van der Waals surface area contributed by atoms with Gasteiger partial charge in [0, 0.05) is 37.5 Å². The lowest BCUT2D eigenvalue weighted by Crippen LogP contribution is -2.68. The Balaban J connectivity index is 1.96. The minimum atomic E-state index is -1.73. The van der Waals surface area contributed by atoms with Crippen LogP contribution in [0.3, 0.4) is 0 Å². The molecular formula is C30H30N4O4. The molecule has 2 heterocycles. The van der Waals surface area contributed by atoms with Crippen molar-refractivity contribution >= 4 is 29.7 Å². The van der Waals surface area contributed by atoms with Crippen LogP contribution in [0, 0.1) is 5.92 Å². The molecule has 1 aliphatic heterocycles. The van der Waals surface area contributed by atoms with Crippen LogP contribution >= 0.6 is 0 Å². The zero-order chi connectivity index (χ0) is 27.3. The largest absolute Gasteiger partial charge is 0.327 e. The van der Waals surface area contributed by atoms with Crippen molar-refractivity contribution in [2.24, 2.45) is 5.92 Å². The Morgan fingerprint density at radius 1 is 1.00 bits per heavy atom. The van der Waals surface area contributed by atoms with Gasteiger partial charge in [0.05, 0.1) is 5.70 Å². The van der Waals surface area contributed by atoms with E-state index >= 15 is 0 Å². The number of aldehydes is 1. The quantitative estimate of drug-likeness (QED) is 0.466. The summed E-state index contributed by atoms with van der Waals surface area (Å²) in [5.41, 5.74) is 0.338. The second kappa shape index (κ2) is 11.2. The summed E-state index contributed by atoms with van der Waals surface area (Å²) in [7, 11) is 0. The number of benzene rings is 2. The third kappa shape index (κ3) is 5.25. The highest BCUT2D eigenvalue weighted by Crippen LogP contribution is 2.36. The first-order valence-corrected chi connectivity index (χ1v) is 12.4. The summed E-state index contributed by atoms with van der Waals surface area (Å²) in [5, 5.41) is 2.77. The van der Waals surface area contributed by atoms with Gasteiger partial charge in [0.25, 0.3) is 11.8 Å². The number of rotatable bonds is 8. The Morgan fingerprint density at radius 3 is 2.16 bits per heavy atom. The van der Waals surface area contributed by atoms with Gasteiger partial charge in [-0.05, 0) is 29.2 Å². The maximum atomic E-state index is 14.4. The van der Waals surface area contributed by atoms with E-state index in [1.54, 1.807) is 42.6 Å². The number of aromatic nitrogens is 1. The Bertz CT molecular complexity index is 1340. The van der Waals surface area contributed by atoms with Crippen LogP contribution in [-0.2, 0) is 20.8 Å². The summed E-state index contributed by atoms with van der Waals surface area (Å²) >= 11 is 0. The number of nitrogens with one attached hydrogen (secondary N) is 1. The Kier molecular flexibility index (Phi) is 7.81. The van der Waals surface area contributed by atoms with Gasteiger partial charge in [0.2, 0.25) is 5.91 Å². The van der Waals surface area contributed by atoms with Crippen LogP contribution in [0.2, 0.25) is 0 Å². The van der Waals surface area contributed by atoms with Crippen molar-refractivity contribution in [2.45, 2.75) is 38.9 Å². The van der Waals surface area contributed by atoms with Crippen LogP contribution in [0.25, 0.3) is 5.70 Å². The van der Waals surface area contributed by atoms with E-state index in [9.17, 15) is 19.2 Å². The highest BCUT2D eigenvalue weighted by molar-refractivity contribution is 6.04. The molecule has 0 radical (unpaired) electrons. The summed E-state index contributed by atoms with van der Waals surface area (Å²) in [4.78, 5) is 60.3. The molecule has 3 aromatic rings. The van der Waals surface area contributed by atoms with Crippen LogP contribution in [-0.4, -0.2) is 50.5 Å². The number of hydrogen-bond donors (Lipinski definition) is 1. The molecule has 38 heavy (non-hydrogen) atoms. The average molecular weight is 511 g/mol. The van der Waals surface area contributed by atoms with Gasteiger partial charge in [0.15, 0.2) is 11.9 Å². The van der Waals surface area contributed by atoms with Crippen molar-refractivity contribution in [3.8, 4) is 0 Å². The van der Waals surface area contributed by atoms with Gasteiger partial charge in [-0.1, -0.05) is 74.5 Å². The molecule has 0 saturated heterocycles. The average Bonchev–Trinajstić information content (AvgIpc) is 2.92. The topological polar surface area (TPSA) is 99.7 Å². The fourth-order valence-electron chi connectivity index (χ4n) is 4.81. The van der Waals surface area contributed by atoms with Gasteiger partial charge >= 0.3 is 0 Å². The minimum absolute atomic E-state index is 0.0376. The van der Waals surface area contributed by atoms with Gasteiger partial charge in [-0.3, -0.25) is 29.1 Å². The number of pyridine rings is 1. The smallest absolute Gasteiger partial charge is 0.258 e. The van der Waals surface area contributed by atoms with Crippen LogP contribution in [0.4, 0.5) is 0 Å². The van der Waals surface area contributed by atoms with Crippen LogP contribution < -0.4 is 5.32 Å². The molecule has 2 aromatic carbocycles. The molecule has 194 valence electrons. The summed E-state index contributed by atoms with van der Waals surface area (Å²) in [6.07, 6.45) is 5.29. The zero-order valence-electron chi connectivity index (χ0n) is 21.6. The van der Waals surface area contributed by atoms with E-state index in [-0.39, 0.29) is 18.2 Å². The zero-order valence-corrected chi connectivity index (χ0v) is 21.6. The first kappa shape index (κ1) is 26.5. The van der Waals surface area contributed by atoms with Crippen molar-refractivity contribution < 1.29 is 19.2 Å². The molecule has 0 saturated carbocycles. The second-order valence-corrected chi connectivity index (χ2v) is 9.58. The van der Waals surface area contributed by atoms with Crippen LogP contribution in [0.5, 0.6) is 0 Å². The van der Waals surface area contributed by atoms with Crippen LogP contribution in [0.1, 0.15) is 42.3 Å². The van der Waals surface area contributed by atoms with Gasteiger partial charge < -0.3 is 10.2 Å². The Hall–Kier alpha value is -4.59. The molecule has 0 fully saturated rings. The number of hydrogen-bond acceptors (Lipinski definition) is 5. The minimum Gasteiger partial charge on any atom is -0.327 e. The van der Waals surface area contributed by atoms with Gasteiger partial charge in [0.1, 0.15) is 6.04 Å². The fraction of sp³-hybridized carbons (Fsp3) is 0.233. The predicted octanol–water partition coefficient (Wildman–Crippen LogP) is 3.66. The number of nitrogens with zero attached hydrogens (tertiary/aromatic N) is 3. The Morgan fingerprint density at radius 2 is 1.61 bits per heavy atom. The van der Waals surface area contributed by atoms with Gasteiger partial charge in [-0.25, -0.2) is 0 Å². The van der Waals surface area contributed by atoms with E-state index in [0.29, 0.717) is 23.1 Å². The number of carbonyl (C=O) groups excluding carboxylic acids is 4. The first-order valence-electron chi connectivity index (χ1n) is 12.4. The molecule has 0 spiro atoms. The lowest BCUT2D eigenvalue weighted by Gasteiger charge is -2.48. The molecule has 0 aliphatic carbocycles. The highest BCUT2D eigenvalue weighted by Gasteiger charge is 2.50. The summed E-state index contributed by atoms with van der Waals surface area (Å²) < 4.78 is 0. The molecular weight excluding hydrogens is 480 g/mol. The lowest BCUT2D eigenvalue weighted by molar-refractivity contribution is -0.146. The molecule has 0 bridgehead atoms. The number of carbonyl (C=O) groups is 4. The van der Waals surface area contributed by atoms with Gasteiger partial charge in [-0.15, -0.1) is 0 Å². The van der Waals surface area contributed by atoms with E-state index < -0.39 is 23.5 Å². The molecule has 1 aliphatic rings. The maximum absolute atomic E-state index is 14.4. The SMILES string of the molecule is CC(=O)N[C@@](C=O)(Cc1ccccc1)N1C(=O)[C@@H](C(C)C)N(C(=O)c2ccncc2)C=C1c1ccccc1. The van der Waals surface area contributed by atoms with E-state index in [2.05, 4.69) is 10.3 Å². The van der Waals surface area contributed by atoms with E-state index in [1.807, 2.05) is 50.2 Å². The van der Waals surface area contributed by atoms with Crippen molar-refractivity contribution in [3.05, 3.63) is 108 Å². The molecule has 4 rings (SSSR count). The Labute approximate surface area is 222 Å². The van der Waals surface area contributed by atoms with Crippen molar-refractivity contribution in [1.29, 1.82) is 0 Å². The second-order valence-electron chi connectivity index (χ2n) is 9.58. The molecule has 1 aromatic heterocycles. The van der Waals surface area contributed by atoms with E-state index in [0.717, 1.165) is 5.56 Å². The van der Waals surface area contributed by atoms with Crippen molar-refractivity contribution in [1.82, 2.24) is 20.1 Å². The first-order chi connectivity index (χ1) is 18.3. The van der Waals surface area contributed by atoms with E-state index in [1.165, 1.54) is 29.1 Å². The maximum Gasteiger partial charge on any atom is 0.258 e. The third-order valence-corrected chi connectivity index (χ3v) is 6.44. The van der Waals surface area contributed by atoms with Crippen LogP contribution in [0.15, 0.2) is 91.4 Å². The molecule has 1 N–H and O–H groups in total. The molecule has 8 heteroatoms. The van der Waals surface area contributed by atoms with Crippen molar-refractivity contribution in [2.75, 3.05) is 0 Å². The summed E-state index contributed by atoms with van der Waals surface area (Å²) in [5.74, 6) is -1.61. The molecule has 3 amide bonds. The third-order valence-electron chi connectivity index (χ3n) is 6.44. The number of amides is 3. The fourth-order valence-corrected chi connectivity index (χ4v) is 4.81. The van der Waals surface area contributed by atoms with Crippen molar-refractivity contribution in [3.63, 3.8) is 0 Å². The molecule has 2 atom stereocenters.